The molecule has 1 aromatic carbocycles. The molecule has 78 valence electrons. The standard InChI is InChI=1S/C10H16N2O2/c1-6-4-8(13-2)9(14-3)5-7(6)10(11)12/h4-5,10H,11-12H2,1-3H3. The molecule has 1 rings (SSSR count). The van der Waals surface area contributed by atoms with E-state index in [1.54, 1.807) is 20.3 Å². The first kappa shape index (κ1) is 10.8. The van der Waals surface area contributed by atoms with Gasteiger partial charge in [-0.05, 0) is 30.2 Å². The maximum Gasteiger partial charge on any atom is 0.161 e. The Bertz CT molecular complexity index is 324. The number of nitrogens with two attached hydrogens (primary N) is 2. The van der Waals surface area contributed by atoms with Gasteiger partial charge in [0.25, 0.3) is 0 Å². The predicted octanol–water partition coefficient (Wildman–Crippen LogP) is 0.928. The van der Waals surface area contributed by atoms with Crippen LogP contribution in [0.5, 0.6) is 11.5 Å². The summed E-state index contributed by atoms with van der Waals surface area (Å²) < 4.78 is 10.3. The largest absolute Gasteiger partial charge is 0.493 e. The average molecular weight is 196 g/mol. The van der Waals surface area contributed by atoms with E-state index in [-0.39, 0.29) is 0 Å². The van der Waals surface area contributed by atoms with E-state index < -0.39 is 6.17 Å². The summed E-state index contributed by atoms with van der Waals surface area (Å²) in [6, 6.07) is 3.67. The van der Waals surface area contributed by atoms with Crippen LogP contribution in [0.25, 0.3) is 0 Å². The minimum atomic E-state index is -0.491. The van der Waals surface area contributed by atoms with E-state index in [4.69, 9.17) is 20.9 Å². The van der Waals surface area contributed by atoms with Crippen LogP contribution in [-0.2, 0) is 0 Å². The van der Waals surface area contributed by atoms with Crippen LogP contribution in [0.4, 0.5) is 0 Å². The lowest BCUT2D eigenvalue weighted by Crippen LogP contribution is -2.21. The second kappa shape index (κ2) is 4.30. The Morgan fingerprint density at radius 2 is 1.57 bits per heavy atom. The van der Waals surface area contributed by atoms with Gasteiger partial charge in [0, 0.05) is 0 Å². The van der Waals surface area contributed by atoms with Crippen LogP contribution in [0.15, 0.2) is 12.1 Å². The molecule has 4 heteroatoms. The van der Waals surface area contributed by atoms with Crippen LogP contribution >= 0.6 is 0 Å². The molecule has 4 N–H and O–H groups in total. The van der Waals surface area contributed by atoms with Crippen molar-refractivity contribution in [3.8, 4) is 11.5 Å². The Balaban J connectivity index is 3.23. The fraction of sp³-hybridized carbons (Fsp3) is 0.400. The Morgan fingerprint density at radius 1 is 1.07 bits per heavy atom. The monoisotopic (exact) mass is 196 g/mol. The molecule has 1 aromatic rings. The highest BCUT2D eigenvalue weighted by Gasteiger charge is 2.10. The first-order valence-electron chi connectivity index (χ1n) is 4.33. The summed E-state index contributed by atoms with van der Waals surface area (Å²) in [5.41, 5.74) is 13.1. The van der Waals surface area contributed by atoms with Crippen molar-refractivity contribution in [1.82, 2.24) is 0 Å². The molecule has 0 aliphatic heterocycles. The molecule has 0 spiro atoms. The van der Waals surface area contributed by atoms with Crippen LogP contribution < -0.4 is 20.9 Å². The number of hydrogen-bond acceptors (Lipinski definition) is 4. The highest BCUT2D eigenvalue weighted by atomic mass is 16.5. The van der Waals surface area contributed by atoms with E-state index in [2.05, 4.69) is 0 Å². The van der Waals surface area contributed by atoms with Crippen molar-refractivity contribution in [2.24, 2.45) is 11.5 Å². The molecule has 0 saturated heterocycles. The van der Waals surface area contributed by atoms with Crippen molar-refractivity contribution in [1.29, 1.82) is 0 Å². The highest BCUT2D eigenvalue weighted by Crippen LogP contribution is 2.31. The fourth-order valence-corrected chi connectivity index (χ4v) is 1.36. The van der Waals surface area contributed by atoms with Crippen LogP contribution in [-0.4, -0.2) is 14.2 Å². The summed E-state index contributed by atoms with van der Waals surface area (Å²) in [6.45, 7) is 1.93. The molecule has 0 aliphatic carbocycles. The summed E-state index contributed by atoms with van der Waals surface area (Å²) >= 11 is 0. The first-order valence-corrected chi connectivity index (χ1v) is 4.33. The number of aryl methyl sites for hydroxylation is 1. The van der Waals surface area contributed by atoms with Crippen LogP contribution in [0.1, 0.15) is 17.3 Å². The Hall–Kier alpha value is -1.26. The topological polar surface area (TPSA) is 70.5 Å². The molecule has 0 fully saturated rings. The molecule has 0 saturated carbocycles. The van der Waals surface area contributed by atoms with Gasteiger partial charge in [0.2, 0.25) is 0 Å². The van der Waals surface area contributed by atoms with Crippen molar-refractivity contribution in [3.63, 3.8) is 0 Å². The van der Waals surface area contributed by atoms with E-state index in [0.717, 1.165) is 11.1 Å². The van der Waals surface area contributed by atoms with Gasteiger partial charge in [-0.1, -0.05) is 0 Å². The number of rotatable bonds is 3. The van der Waals surface area contributed by atoms with Gasteiger partial charge in [-0.25, -0.2) is 0 Å². The maximum absolute atomic E-state index is 5.61. The average Bonchev–Trinajstić information content (AvgIpc) is 2.16. The molecule has 0 heterocycles. The Kier molecular flexibility index (Phi) is 3.33. The van der Waals surface area contributed by atoms with Crippen LogP contribution in [0.3, 0.4) is 0 Å². The molecular formula is C10H16N2O2. The van der Waals surface area contributed by atoms with E-state index >= 15 is 0 Å². The summed E-state index contributed by atoms with van der Waals surface area (Å²) in [5, 5.41) is 0. The zero-order valence-corrected chi connectivity index (χ0v) is 8.70. The highest BCUT2D eigenvalue weighted by molar-refractivity contribution is 5.47. The Morgan fingerprint density at radius 3 is 2.00 bits per heavy atom. The molecule has 0 bridgehead atoms. The van der Waals surface area contributed by atoms with Gasteiger partial charge in [0.1, 0.15) is 0 Å². The normalized spacial score (nSPS) is 10.4. The SMILES string of the molecule is COc1cc(C)c(C(N)N)cc1OC. The summed E-state index contributed by atoms with van der Waals surface area (Å²) in [6.07, 6.45) is -0.491. The maximum atomic E-state index is 5.61. The lowest BCUT2D eigenvalue weighted by Gasteiger charge is -2.14. The molecule has 0 amide bonds. The lowest BCUT2D eigenvalue weighted by molar-refractivity contribution is 0.354. The fourth-order valence-electron chi connectivity index (χ4n) is 1.36. The molecule has 0 unspecified atom stereocenters. The van der Waals surface area contributed by atoms with E-state index in [0.29, 0.717) is 11.5 Å². The molecule has 4 nitrogen and oxygen atoms in total. The number of methoxy groups -OCH3 is 2. The smallest absolute Gasteiger partial charge is 0.161 e. The predicted molar refractivity (Wildman–Crippen MR) is 55.4 cm³/mol. The second-order valence-corrected chi connectivity index (χ2v) is 3.09. The number of hydrogen-bond donors (Lipinski definition) is 2. The van der Waals surface area contributed by atoms with E-state index in [1.165, 1.54) is 0 Å². The van der Waals surface area contributed by atoms with Gasteiger partial charge in [0.15, 0.2) is 11.5 Å². The van der Waals surface area contributed by atoms with Crippen LogP contribution in [0, 0.1) is 6.92 Å². The zero-order valence-electron chi connectivity index (χ0n) is 8.70. The van der Waals surface area contributed by atoms with Gasteiger partial charge in [-0.15, -0.1) is 0 Å². The van der Waals surface area contributed by atoms with Crippen molar-refractivity contribution in [2.75, 3.05) is 14.2 Å². The summed E-state index contributed by atoms with van der Waals surface area (Å²) in [7, 11) is 3.18. The number of ether oxygens (including phenoxy) is 2. The van der Waals surface area contributed by atoms with Crippen molar-refractivity contribution in [3.05, 3.63) is 23.3 Å². The quantitative estimate of drug-likeness (QED) is 0.705. The van der Waals surface area contributed by atoms with Gasteiger partial charge >= 0.3 is 0 Å². The summed E-state index contributed by atoms with van der Waals surface area (Å²) in [4.78, 5) is 0. The molecule has 14 heavy (non-hydrogen) atoms. The van der Waals surface area contributed by atoms with Crippen LogP contribution in [0.2, 0.25) is 0 Å². The van der Waals surface area contributed by atoms with Crippen molar-refractivity contribution >= 4 is 0 Å². The molecule has 0 radical (unpaired) electrons. The molecular weight excluding hydrogens is 180 g/mol. The van der Waals surface area contributed by atoms with E-state index in [9.17, 15) is 0 Å². The third-order valence-corrected chi connectivity index (χ3v) is 2.13. The second-order valence-electron chi connectivity index (χ2n) is 3.09. The Labute approximate surface area is 83.8 Å². The lowest BCUT2D eigenvalue weighted by atomic mass is 10.1. The minimum Gasteiger partial charge on any atom is -0.493 e. The van der Waals surface area contributed by atoms with Gasteiger partial charge in [0.05, 0.1) is 20.4 Å². The van der Waals surface area contributed by atoms with Gasteiger partial charge < -0.3 is 20.9 Å². The molecule has 0 aliphatic rings. The number of benzene rings is 1. The van der Waals surface area contributed by atoms with Gasteiger partial charge in [-0.2, -0.15) is 0 Å². The van der Waals surface area contributed by atoms with Crippen molar-refractivity contribution in [2.45, 2.75) is 13.1 Å². The molecule has 0 atom stereocenters. The molecule has 0 aromatic heterocycles. The van der Waals surface area contributed by atoms with E-state index in [1.807, 2.05) is 13.0 Å². The first-order chi connectivity index (χ1) is 6.60. The van der Waals surface area contributed by atoms with Crippen molar-refractivity contribution < 1.29 is 9.47 Å². The zero-order chi connectivity index (χ0) is 10.7. The third kappa shape index (κ3) is 1.97. The minimum absolute atomic E-state index is 0.491. The third-order valence-electron chi connectivity index (χ3n) is 2.13. The summed E-state index contributed by atoms with van der Waals surface area (Å²) in [5.74, 6) is 1.34. The van der Waals surface area contributed by atoms with Gasteiger partial charge in [-0.3, -0.25) is 0 Å².